The van der Waals surface area contributed by atoms with Gasteiger partial charge in [0, 0.05) is 7.05 Å². The highest BCUT2D eigenvalue weighted by molar-refractivity contribution is 7.17. The van der Waals surface area contributed by atoms with Crippen LogP contribution >= 0.6 is 11.3 Å². The molecule has 2 rings (SSSR count). The summed E-state index contributed by atoms with van der Waals surface area (Å²) in [4.78, 5) is 18.0. The summed E-state index contributed by atoms with van der Waals surface area (Å²) in [5.41, 5.74) is 1.46. The van der Waals surface area contributed by atoms with Crippen molar-refractivity contribution in [1.82, 2.24) is 4.98 Å². The molecule has 6 heteroatoms. The smallest absolute Gasteiger partial charge is 0.347 e. The number of methoxy groups -OCH3 is 1. The maximum absolute atomic E-state index is 11.3. The average Bonchev–Trinajstić information content (AvgIpc) is 2.92. The molecule has 0 saturated heterocycles. The molecular weight excluding hydrogens is 288 g/mol. The van der Waals surface area contributed by atoms with Gasteiger partial charge in [-0.25, -0.2) is 9.78 Å². The Labute approximate surface area is 127 Å². The van der Waals surface area contributed by atoms with E-state index in [-0.39, 0.29) is 5.92 Å². The zero-order chi connectivity index (χ0) is 15.6. The molecule has 1 aromatic heterocycles. The van der Waals surface area contributed by atoms with Crippen LogP contribution in [0.15, 0.2) is 24.3 Å². The van der Waals surface area contributed by atoms with Crippen molar-refractivity contribution in [2.75, 3.05) is 19.1 Å². The monoisotopic (exact) mass is 306 g/mol. The number of hydrogen-bond donors (Lipinski definition) is 1. The van der Waals surface area contributed by atoms with Crippen LogP contribution in [-0.2, 0) is 0 Å². The first-order chi connectivity index (χ1) is 9.95. The second-order valence-electron chi connectivity index (χ2n) is 4.90. The van der Waals surface area contributed by atoms with E-state index in [1.54, 1.807) is 7.11 Å². The molecule has 0 saturated carbocycles. The minimum atomic E-state index is -0.934. The van der Waals surface area contributed by atoms with Gasteiger partial charge in [-0.1, -0.05) is 37.3 Å². The van der Waals surface area contributed by atoms with Crippen LogP contribution in [0.3, 0.4) is 0 Å². The van der Waals surface area contributed by atoms with Crippen LogP contribution in [0.2, 0.25) is 0 Å². The fourth-order valence-electron chi connectivity index (χ4n) is 2.02. The lowest BCUT2D eigenvalue weighted by atomic mass is 10.1. The summed E-state index contributed by atoms with van der Waals surface area (Å²) in [5, 5.41) is 9.95. The Bertz CT molecular complexity index is 652. The third-order valence-electron chi connectivity index (χ3n) is 3.12. The summed E-state index contributed by atoms with van der Waals surface area (Å²) in [6.45, 7) is 3.88. The summed E-state index contributed by atoms with van der Waals surface area (Å²) < 4.78 is 5.34. The van der Waals surface area contributed by atoms with Gasteiger partial charge in [-0.2, -0.15) is 0 Å². The molecule has 112 valence electrons. The Morgan fingerprint density at radius 1 is 1.38 bits per heavy atom. The molecule has 0 aliphatic rings. The highest BCUT2D eigenvalue weighted by atomic mass is 32.1. The van der Waals surface area contributed by atoms with E-state index in [0.29, 0.717) is 15.7 Å². The minimum absolute atomic E-state index is 0.0622. The van der Waals surface area contributed by atoms with Crippen LogP contribution in [0, 0.1) is 0 Å². The number of ether oxygens (including phenoxy) is 1. The predicted octanol–water partition coefficient (Wildman–Crippen LogP) is 3.74. The lowest BCUT2D eigenvalue weighted by molar-refractivity contribution is 0.0700. The van der Waals surface area contributed by atoms with Gasteiger partial charge in [-0.3, -0.25) is 0 Å². The van der Waals surface area contributed by atoms with Crippen LogP contribution in [0.5, 0.6) is 5.75 Å². The highest BCUT2D eigenvalue weighted by Gasteiger charge is 2.22. The topological polar surface area (TPSA) is 62.7 Å². The molecule has 0 fully saturated rings. The van der Waals surface area contributed by atoms with Gasteiger partial charge in [-0.15, -0.1) is 0 Å². The fraction of sp³-hybridized carbons (Fsp3) is 0.333. The van der Waals surface area contributed by atoms with Crippen molar-refractivity contribution in [3.05, 3.63) is 34.8 Å². The standard InChI is InChI=1S/C15H18N2O3S/c1-9(2)12-13(14(18)19)21-15(16-12)17(3)10-7-5-6-8-11(10)20-4/h5-9H,1-4H3,(H,18,19). The number of rotatable bonds is 5. The second kappa shape index (κ2) is 6.13. The maximum atomic E-state index is 11.3. The molecule has 0 unspecified atom stereocenters. The van der Waals surface area contributed by atoms with Crippen LogP contribution < -0.4 is 9.64 Å². The third kappa shape index (κ3) is 3.00. The zero-order valence-corrected chi connectivity index (χ0v) is 13.3. The molecule has 0 radical (unpaired) electrons. The number of hydrogen-bond acceptors (Lipinski definition) is 5. The minimum Gasteiger partial charge on any atom is -0.495 e. The molecule has 5 nitrogen and oxygen atoms in total. The van der Waals surface area contributed by atoms with E-state index in [4.69, 9.17) is 4.74 Å². The van der Waals surface area contributed by atoms with Crippen molar-refractivity contribution in [2.45, 2.75) is 19.8 Å². The second-order valence-corrected chi connectivity index (χ2v) is 5.88. The molecule has 0 aliphatic carbocycles. The predicted molar refractivity (Wildman–Crippen MR) is 84.2 cm³/mol. The van der Waals surface area contributed by atoms with E-state index in [9.17, 15) is 9.90 Å². The first-order valence-corrected chi connectivity index (χ1v) is 7.38. The van der Waals surface area contributed by atoms with Gasteiger partial charge >= 0.3 is 5.97 Å². The SMILES string of the molecule is COc1ccccc1N(C)c1nc(C(C)C)c(C(=O)O)s1. The van der Waals surface area contributed by atoms with Crippen molar-refractivity contribution in [3.8, 4) is 5.75 Å². The van der Waals surface area contributed by atoms with Gasteiger partial charge in [-0.05, 0) is 18.1 Å². The summed E-state index contributed by atoms with van der Waals surface area (Å²) in [5.74, 6) is -0.152. The molecule has 0 aliphatic heterocycles. The first kappa shape index (κ1) is 15.3. The number of benzene rings is 1. The Balaban J connectivity index is 2.46. The Morgan fingerprint density at radius 2 is 2.05 bits per heavy atom. The van der Waals surface area contributed by atoms with Gasteiger partial charge in [0.25, 0.3) is 0 Å². The van der Waals surface area contributed by atoms with Crippen molar-refractivity contribution in [3.63, 3.8) is 0 Å². The number of aromatic carboxylic acids is 1. The summed E-state index contributed by atoms with van der Waals surface area (Å²) >= 11 is 1.18. The van der Waals surface area contributed by atoms with E-state index in [1.807, 2.05) is 50.1 Å². The van der Waals surface area contributed by atoms with Crippen molar-refractivity contribution in [2.24, 2.45) is 0 Å². The summed E-state index contributed by atoms with van der Waals surface area (Å²) in [7, 11) is 3.46. The molecule has 0 amide bonds. The number of carboxylic acids is 1. The molecule has 0 spiro atoms. The van der Waals surface area contributed by atoms with Gasteiger partial charge in [0.15, 0.2) is 5.13 Å². The van der Waals surface area contributed by atoms with Crippen LogP contribution in [-0.4, -0.2) is 30.2 Å². The number of nitrogens with zero attached hydrogens (tertiary/aromatic N) is 2. The van der Waals surface area contributed by atoms with Crippen LogP contribution in [0.25, 0.3) is 0 Å². The number of anilines is 2. The molecular formula is C15H18N2O3S. The van der Waals surface area contributed by atoms with E-state index in [0.717, 1.165) is 11.4 Å². The quantitative estimate of drug-likeness (QED) is 0.911. The van der Waals surface area contributed by atoms with Gasteiger partial charge in [0.2, 0.25) is 0 Å². The lowest BCUT2D eigenvalue weighted by Gasteiger charge is -2.18. The number of aromatic nitrogens is 1. The lowest BCUT2D eigenvalue weighted by Crippen LogP contribution is -2.10. The average molecular weight is 306 g/mol. The molecule has 1 aromatic carbocycles. The summed E-state index contributed by atoms with van der Waals surface area (Å²) in [6, 6.07) is 7.57. The van der Waals surface area contributed by atoms with E-state index in [2.05, 4.69) is 4.98 Å². The largest absolute Gasteiger partial charge is 0.495 e. The number of carbonyl (C=O) groups is 1. The van der Waals surface area contributed by atoms with Crippen LogP contribution in [0.1, 0.15) is 35.1 Å². The van der Waals surface area contributed by atoms with Gasteiger partial charge in [0.1, 0.15) is 10.6 Å². The maximum Gasteiger partial charge on any atom is 0.347 e. The van der Waals surface area contributed by atoms with Crippen molar-refractivity contribution >= 4 is 28.1 Å². The Hall–Kier alpha value is -2.08. The first-order valence-electron chi connectivity index (χ1n) is 6.56. The van der Waals surface area contributed by atoms with E-state index >= 15 is 0 Å². The van der Waals surface area contributed by atoms with Gasteiger partial charge in [0.05, 0.1) is 18.5 Å². The number of carboxylic acid groups (broad SMARTS) is 1. The molecule has 2 aromatic rings. The Kier molecular flexibility index (Phi) is 4.47. The summed E-state index contributed by atoms with van der Waals surface area (Å²) in [6.07, 6.45) is 0. The zero-order valence-electron chi connectivity index (χ0n) is 12.5. The molecule has 1 heterocycles. The molecule has 1 N–H and O–H groups in total. The number of para-hydroxylation sites is 2. The highest BCUT2D eigenvalue weighted by Crippen LogP contribution is 2.37. The van der Waals surface area contributed by atoms with Crippen molar-refractivity contribution in [1.29, 1.82) is 0 Å². The molecule has 21 heavy (non-hydrogen) atoms. The van der Waals surface area contributed by atoms with E-state index < -0.39 is 5.97 Å². The molecule has 0 bridgehead atoms. The Morgan fingerprint density at radius 3 is 2.57 bits per heavy atom. The van der Waals surface area contributed by atoms with E-state index in [1.165, 1.54) is 11.3 Å². The normalized spacial score (nSPS) is 10.7. The van der Waals surface area contributed by atoms with Gasteiger partial charge < -0.3 is 14.7 Å². The fourth-order valence-corrected chi connectivity index (χ4v) is 3.05. The number of thiazole rings is 1. The van der Waals surface area contributed by atoms with Crippen molar-refractivity contribution < 1.29 is 14.6 Å². The van der Waals surface area contributed by atoms with Crippen LogP contribution in [0.4, 0.5) is 10.8 Å². The third-order valence-corrected chi connectivity index (χ3v) is 4.25. The molecule has 0 atom stereocenters.